The van der Waals surface area contributed by atoms with E-state index in [9.17, 15) is 4.79 Å². The molecule has 1 saturated heterocycles. The predicted molar refractivity (Wildman–Crippen MR) is 89.3 cm³/mol. The van der Waals surface area contributed by atoms with Crippen LogP contribution in [0.25, 0.3) is 6.08 Å². The summed E-state index contributed by atoms with van der Waals surface area (Å²) in [5, 5.41) is 3.65. The fraction of sp³-hybridized carbons (Fsp3) is 0.412. The molecule has 21 heavy (non-hydrogen) atoms. The highest BCUT2D eigenvalue weighted by molar-refractivity contribution is 8.18. The third kappa shape index (κ3) is 3.38. The molecule has 0 spiro atoms. The summed E-state index contributed by atoms with van der Waals surface area (Å²) in [6.45, 7) is 4.18. The van der Waals surface area contributed by atoms with Gasteiger partial charge in [0, 0.05) is 0 Å². The standard InChI is InChI=1S/C17H20N2OS/c1-11-7-8-13(9-12(11)2)10-15-16(20)19-17(21-15)18-14-5-3-4-6-14/h7-10,14H,3-6H2,1-2H3,(H,18,19,20). The predicted octanol–water partition coefficient (Wildman–Crippen LogP) is 3.81. The molecule has 0 radical (unpaired) electrons. The normalized spacial score (nSPS) is 23.2. The zero-order valence-corrected chi connectivity index (χ0v) is 13.3. The van der Waals surface area contributed by atoms with Gasteiger partial charge in [-0.1, -0.05) is 31.0 Å². The quantitative estimate of drug-likeness (QED) is 0.844. The summed E-state index contributed by atoms with van der Waals surface area (Å²) in [4.78, 5) is 17.4. The lowest BCUT2D eigenvalue weighted by molar-refractivity contribution is -0.115. The van der Waals surface area contributed by atoms with Crippen LogP contribution in [-0.2, 0) is 4.79 Å². The van der Waals surface area contributed by atoms with E-state index in [1.165, 1.54) is 35.7 Å². The average molecular weight is 300 g/mol. The van der Waals surface area contributed by atoms with Gasteiger partial charge in [-0.25, -0.2) is 0 Å². The molecule has 2 aliphatic rings. The minimum atomic E-state index is -0.0324. The van der Waals surface area contributed by atoms with E-state index in [1.807, 2.05) is 6.08 Å². The van der Waals surface area contributed by atoms with Crippen LogP contribution in [0.15, 0.2) is 28.1 Å². The number of hydrogen-bond acceptors (Lipinski definition) is 3. The molecule has 3 nitrogen and oxygen atoms in total. The van der Waals surface area contributed by atoms with Gasteiger partial charge in [0.25, 0.3) is 5.91 Å². The van der Waals surface area contributed by atoms with Crippen molar-refractivity contribution in [2.24, 2.45) is 4.99 Å². The minimum absolute atomic E-state index is 0.0324. The number of nitrogens with one attached hydrogen (secondary N) is 1. The number of amidine groups is 1. The van der Waals surface area contributed by atoms with Crippen molar-refractivity contribution in [2.45, 2.75) is 45.6 Å². The van der Waals surface area contributed by atoms with Crippen LogP contribution in [0.4, 0.5) is 0 Å². The fourth-order valence-electron chi connectivity index (χ4n) is 2.69. The molecule has 1 aromatic carbocycles. The van der Waals surface area contributed by atoms with Crippen LogP contribution in [0.3, 0.4) is 0 Å². The molecule has 0 bridgehead atoms. The number of thioether (sulfide) groups is 1. The zero-order chi connectivity index (χ0) is 14.8. The highest BCUT2D eigenvalue weighted by atomic mass is 32.2. The summed E-state index contributed by atoms with van der Waals surface area (Å²) < 4.78 is 0. The van der Waals surface area contributed by atoms with Gasteiger partial charge in [0.15, 0.2) is 5.17 Å². The van der Waals surface area contributed by atoms with Crippen molar-refractivity contribution < 1.29 is 4.79 Å². The summed E-state index contributed by atoms with van der Waals surface area (Å²) in [5.41, 5.74) is 3.58. The summed E-state index contributed by atoms with van der Waals surface area (Å²) >= 11 is 1.46. The van der Waals surface area contributed by atoms with Gasteiger partial charge < -0.3 is 5.32 Å². The maximum Gasteiger partial charge on any atom is 0.264 e. The third-order valence-electron chi connectivity index (χ3n) is 4.10. The highest BCUT2D eigenvalue weighted by Crippen LogP contribution is 2.29. The molecule has 110 valence electrons. The molecule has 1 saturated carbocycles. The Bertz CT molecular complexity index is 628. The molecule has 3 rings (SSSR count). The maximum absolute atomic E-state index is 12.0. The van der Waals surface area contributed by atoms with Gasteiger partial charge in [-0.15, -0.1) is 0 Å². The molecule has 2 fully saturated rings. The Morgan fingerprint density at radius 1 is 1.24 bits per heavy atom. The van der Waals surface area contributed by atoms with Crippen LogP contribution >= 0.6 is 11.8 Å². The van der Waals surface area contributed by atoms with Gasteiger partial charge in [-0.05, 0) is 61.2 Å². The molecule has 1 amide bonds. The van der Waals surface area contributed by atoms with Gasteiger partial charge >= 0.3 is 0 Å². The van der Waals surface area contributed by atoms with Gasteiger partial charge in [0.05, 0.1) is 10.9 Å². The summed E-state index contributed by atoms with van der Waals surface area (Å²) in [5.74, 6) is -0.0324. The van der Waals surface area contributed by atoms with E-state index < -0.39 is 0 Å². The van der Waals surface area contributed by atoms with Crippen molar-refractivity contribution in [3.63, 3.8) is 0 Å². The molecule has 4 heteroatoms. The first-order valence-electron chi connectivity index (χ1n) is 7.48. The van der Waals surface area contributed by atoms with E-state index >= 15 is 0 Å². The van der Waals surface area contributed by atoms with Gasteiger partial charge in [-0.2, -0.15) is 0 Å². The molecule has 0 unspecified atom stereocenters. The van der Waals surface area contributed by atoms with Gasteiger partial charge in [0.1, 0.15) is 0 Å². The van der Waals surface area contributed by atoms with E-state index in [-0.39, 0.29) is 5.91 Å². The first kappa shape index (κ1) is 14.4. The number of hydrogen-bond donors (Lipinski definition) is 1. The molecule has 1 aliphatic carbocycles. The number of benzene rings is 1. The van der Waals surface area contributed by atoms with Crippen LogP contribution in [0.2, 0.25) is 0 Å². The molecule has 0 atom stereocenters. The van der Waals surface area contributed by atoms with Crippen molar-refractivity contribution in [3.05, 3.63) is 39.8 Å². The van der Waals surface area contributed by atoms with Crippen molar-refractivity contribution in [2.75, 3.05) is 0 Å². The van der Waals surface area contributed by atoms with Crippen molar-refractivity contribution in [1.82, 2.24) is 5.32 Å². The van der Waals surface area contributed by atoms with Crippen molar-refractivity contribution >= 4 is 28.9 Å². The van der Waals surface area contributed by atoms with Gasteiger partial charge in [0.2, 0.25) is 0 Å². The Kier molecular flexibility index (Phi) is 4.15. The first-order chi connectivity index (χ1) is 10.1. The number of amides is 1. The number of rotatable bonds is 2. The van der Waals surface area contributed by atoms with E-state index in [1.54, 1.807) is 0 Å². The van der Waals surface area contributed by atoms with E-state index in [4.69, 9.17) is 0 Å². The molecule has 1 aromatic rings. The van der Waals surface area contributed by atoms with E-state index in [2.05, 4.69) is 42.4 Å². The van der Waals surface area contributed by atoms with Crippen molar-refractivity contribution in [1.29, 1.82) is 0 Å². The Labute approximate surface area is 129 Å². The van der Waals surface area contributed by atoms with Crippen LogP contribution in [0.5, 0.6) is 0 Å². The topological polar surface area (TPSA) is 41.5 Å². The summed E-state index contributed by atoms with van der Waals surface area (Å²) in [6.07, 6.45) is 6.76. The number of nitrogens with zero attached hydrogens (tertiary/aromatic N) is 1. The van der Waals surface area contributed by atoms with Crippen molar-refractivity contribution in [3.8, 4) is 0 Å². The number of aryl methyl sites for hydroxylation is 2. The lowest BCUT2D eigenvalue weighted by Gasteiger charge is -2.02. The van der Waals surface area contributed by atoms with E-state index in [0.29, 0.717) is 6.04 Å². The number of carbonyl (C=O) groups is 1. The second-order valence-corrected chi connectivity index (χ2v) is 6.81. The Hall–Kier alpha value is -1.55. The van der Waals surface area contributed by atoms with E-state index in [0.717, 1.165) is 28.5 Å². The molecule has 1 aliphatic heterocycles. The molecular weight excluding hydrogens is 280 g/mol. The molecule has 1 N–H and O–H groups in total. The van der Waals surface area contributed by atoms with Crippen LogP contribution in [0.1, 0.15) is 42.4 Å². The lowest BCUT2D eigenvalue weighted by atomic mass is 10.1. The summed E-state index contributed by atoms with van der Waals surface area (Å²) in [7, 11) is 0. The Morgan fingerprint density at radius 3 is 2.71 bits per heavy atom. The lowest BCUT2D eigenvalue weighted by Crippen LogP contribution is -2.21. The minimum Gasteiger partial charge on any atom is -0.301 e. The Balaban J connectivity index is 1.77. The molecule has 0 aromatic heterocycles. The highest BCUT2D eigenvalue weighted by Gasteiger charge is 2.25. The van der Waals surface area contributed by atoms with Crippen LogP contribution in [-0.4, -0.2) is 17.1 Å². The zero-order valence-electron chi connectivity index (χ0n) is 12.5. The number of aliphatic imine (C=N–C) groups is 1. The smallest absolute Gasteiger partial charge is 0.264 e. The second kappa shape index (κ2) is 6.06. The SMILES string of the molecule is Cc1ccc(C=C2SC(=NC3CCCC3)NC2=O)cc1C. The maximum atomic E-state index is 12.0. The second-order valence-electron chi connectivity index (χ2n) is 5.78. The Morgan fingerprint density at radius 2 is 2.00 bits per heavy atom. The molecular formula is C17H20N2OS. The monoisotopic (exact) mass is 300 g/mol. The van der Waals surface area contributed by atoms with Crippen LogP contribution < -0.4 is 5.32 Å². The first-order valence-corrected chi connectivity index (χ1v) is 8.29. The fourth-order valence-corrected chi connectivity index (χ4v) is 3.59. The summed E-state index contributed by atoms with van der Waals surface area (Å²) in [6, 6.07) is 6.65. The largest absolute Gasteiger partial charge is 0.301 e. The van der Waals surface area contributed by atoms with Gasteiger partial charge in [-0.3, -0.25) is 9.79 Å². The average Bonchev–Trinajstić information content (AvgIpc) is 3.05. The third-order valence-corrected chi connectivity index (χ3v) is 5.03. The molecule has 1 heterocycles. The number of carbonyl (C=O) groups excluding carboxylic acids is 1. The van der Waals surface area contributed by atoms with Crippen LogP contribution in [0, 0.1) is 13.8 Å².